The zero-order valence-corrected chi connectivity index (χ0v) is 14.2. The first-order valence-electron chi connectivity index (χ1n) is 6.84. The number of hydrogen-bond acceptors (Lipinski definition) is 5. The van der Waals surface area contributed by atoms with Crippen LogP contribution in [0.25, 0.3) is 0 Å². The van der Waals surface area contributed by atoms with Crippen molar-refractivity contribution in [3.8, 4) is 17.2 Å². The van der Waals surface area contributed by atoms with Crippen molar-refractivity contribution >= 4 is 15.7 Å². The molecular weight excluding hydrogens is 318 g/mol. The summed E-state index contributed by atoms with van der Waals surface area (Å²) in [7, 11) is -1.06. The number of aryl methyl sites for hydroxylation is 1. The minimum absolute atomic E-state index is 0.0428. The largest absolute Gasteiger partial charge is 0.507 e. The van der Waals surface area contributed by atoms with Crippen molar-refractivity contribution in [3.63, 3.8) is 0 Å². The van der Waals surface area contributed by atoms with Crippen LogP contribution < -0.4 is 14.2 Å². The summed E-state index contributed by atoms with van der Waals surface area (Å²) < 4.78 is 38.0. The molecule has 2 aromatic carbocycles. The lowest BCUT2D eigenvalue weighted by Gasteiger charge is -2.15. The van der Waals surface area contributed by atoms with Gasteiger partial charge in [-0.2, -0.15) is 0 Å². The average Bonchev–Trinajstić information content (AvgIpc) is 2.54. The third kappa shape index (κ3) is 3.34. The van der Waals surface area contributed by atoms with Crippen LogP contribution in [0.5, 0.6) is 17.2 Å². The van der Waals surface area contributed by atoms with E-state index in [0.717, 1.165) is 0 Å². The topological polar surface area (TPSA) is 84.9 Å². The summed E-state index contributed by atoms with van der Waals surface area (Å²) in [5, 5.41) is 9.96. The van der Waals surface area contributed by atoms with Gasteiger partial charge in [0.25, 0.3) is 10.0 Å². The van der Waals surface area contributed by atoms with Gasteiger partial charge in [0, 0.05) is 11.6 Å². The highest BCUT2D eigenvalue weighted by atomic mass is 32.2. The van der Waals surface area contributed by atoms with E-state index in [9.17, 15) is 13.5 Å². The first-order chi connectivity index (χ1) is 10.8. The van der Waals surface area contributed by atoms with Gasteiger partial charge in [-0.3, -0.25) is 4.72 Å². The molecule has 0 amide bonds. The number of aromatic hydroxyl groups is 1. The molecule has 7 heteroatoms. The van der Waals surface area contributed by atoms with E-state index in [-0.39, 0.29) is 16.4 Å². The second kappa shape index (κ2) is 6.37. The van der Waals surface area contributed by atoms with Crippen molar-refractivity contribution in [2.45, 2.75) is 18.7 Å². The molecule has 2 aromatic rings. The van der Waals surface area contributed by atoms with Crippen LogP contribution in [-0.2, 0) is 10.0 Å². The Morgan fingerprint density at radius 1 is 1.04 bits per heavy atom. The van der Waals surface area contributed by atoms with E-state index in [1.54, 1.807) is 32.0 Å². The van der Waals surface area contributed by atoms with E-state index in [0.29, 0.717) is 22.6 Å². The molecule has 0 fully saturated rings. The summed E-state index contributed by atoms with van der Waals surface area (Å²) in [5.41, 5.74) is 1.43. The number of methoxy groups -OCH3 is 2. The molecule has 0 aliphatic carbocycles. The Morgan fingerprint density at radius 3 is 2.35 bits per heavy atom. The van der Waals surface area contributed by atoms with Gasteiger partial charge in [-0.05, 0) is 37.6 Å². The van der Waals surface area contributed by atoms with Crippen molar-refractivity contribution in [1.82, 2.24) is 0 Å². The number of phenols is 1. The van der Waals surface area contributed by atoms with Gasteiger partial charge < -0.3 is 14.6 Å². The average molecular weight is 337 g/mol. The number of ether oxygens (including phenoxy) is 2. The molecule has 0 heterocycles. The molecule has 0 saturated carbocycles. The van der Waals surface area contributed by atoms with Gasteiger partial charge in [0.05, 0.1) is 19.9 Å². The van der Waals surface area contributed by atoms with Gasteiger partial charge in [-0.25, -0.2) is 8.42 Å². The molecule has 2 N–H and O–H groups in total. The zero-order valence-electron chi connectivity index (χ0n) is 13.4. The molecule has 0 aliphatic heterocycles. The highest BCUT2D eigenvalue weighted by molar-refractivity contribution is 7.92. The summed E-state index contributed by atoms with van der Waals surface area (Å²) >= 11 is 0. The minimum Gasteiger partial charge on any atom is -0.507 e. The number of hydrogen-bond donors (Lipinski definition) is 2. The van der Waals surface area contributed by atoms with Crippen LogP contribution in [0.4, 0.5) is 5.69 Å². The van der Waals surface area contributed by atoms with E-state index in [4.69, 9.17) is 9.47 Å². The maximum absolute atomic E-state index is 12.7. The molecule has 2 rings (SSSR count). The Bertz CT molecular complexity index is 831. The lowest BCUT2D eigenvalue weighted by molar-refractivity contribution is 0.392. The summed E-state index contributed by atoms with van der Waals surface area (Å²) in [6, 6.07) is 7.76. The Balaban J connectivity index is 2.50. The fourth-order valence-corrected chi connectivity index (χ4v) is 3.45. The van der Waals surface area contributed by atoms with E-state index < -0.39 is 10.0 Å². The Hall–Kier alpha value is -2.41. The Labute approximate surface area is 135 Å². The molecule has 0 bridgehead atoms. The van der Waals surface area contributed by atoms with E-state index >= 15 is 0 Å². The maximum Gasteiger partial charge on any atom is 0.265 e. The minimum atomic E-state index is -3.91. The standard InChI is InChI=1S/C16H19NO5S/c1-10-5-7-13(11(2)16(10)18)17-23(19,20)15-9-12(21-3)6-8-14(15)22-4/h5-9,17-18H,1-4H3. The number of anilines is 1. The van der Waals surface area contributed by atoms with Gasteiger partial charge in [-0.15, -0.1) is 0 Å². The van der Waals surface area contributed by atoms with E-state index in [2.05, 4.69) is 4.72 Å². The number of phenolic OH excluding ortho intramolecular Hbond substituents is 1. The molecule has 23 heavy (non-hydrogen) atoms. The van der Waals surface area contributed by atoms with Crippen LogP contribution >= 0.6 is 0 Å². The summed E-state index contributed by atoms with van der Waals surface area (Å²) in [4.78, 5) is -0.0428. The van der Waals surface area contributed by atoms with Crippen molar-refractivity contribution in [2.24, 2.45) is 0 Å². The fraction of sp³-hybridized carbons (Fsp3) is 0.250. The van der Waals surface area contributed by atoms with Crippen molar-refractivity contribution < 1.29 is 23.0 Å². The predicted molar refractivity (Wildman–Crippen MR) is 87.9 cm³/mol. The molecule has 0 aliphatic rings. The van der Waals surface area contributed by atoms with Crippen molar-refractivity contribution in [2.75, 3.05) is 18.9 Å². The molecule has 0 atom stereocenters. The summed E-state index contributed by atoms with van der Waals surface area (Å²) in [6.07, 6.45) is 0. The normalized spacial score (nSPS) is 11.1. The lowest BCUT2D eigenvalue weighted by Crippen LogP contribution is -2.15. The van der Waals surface area contributed by atoms with E-state index in [1.807, 2.05) is 0 Å². The van der Waals surface area contributed by atoms with Crippen LogP contribution in [0, 0.1) is 13.8 Å². The van der Waals surface area contributed by atoms with Crippen molar-refractivity contribution in [3.05, 3.63) is 41.5 Å². The molecule has 0 aromatic heterocycles. The van der Waals surface area contributed by atoms with Crippen LogP contribution in [0.2, 0.25) is 0 Å². The van der Waals surface area contributed by atoms with Gasteiger partial charge in [0.1, 0.15) is 22.1 Å². The van der Waals surface area contributed by atoms with Crippen LogP contribution in [0.3, 0.4) is 0 Å². The number of sulfonamides is 1. The monoisotopic (exact) mass is 337 g/mol. The first kappa shape index (κ1) is 17.0. The molecule has 0 radical (unpaired) electrons. The second-order valence-electron chi connectivity index (χ2n) is 5.03. The molecule has 0 spiro atoms. The van der Waals surface area contributed by atoms with Gasteiger partial charge in [0.2, 0.25) is 0 Å². The number of nitrogens with one attached hydrogen (secondary N) is 1. The maximum atomic E-state index is 12.7. The molecule has 6 nitrogen and oxygen atoms in total. The van der Waals surface area contributed by atoms with Crippen LogP contribution in [-0.4, -0.2) is 27.7 Å². The van der Waals surface area contributed by atoms with Crippen LogP contribution in [0.1, 0.15) is 11.1 Å². The molecule has 0 unspecified atom stereocenters. The highest BCUT2D eigenvalue weighted by Crippen LogP contribution is 2.33. The Kier molecular flexibility index (Phi) is 4.70. The highest BCUT2D eigenvalue weighted by Gasteiger charge is 2.22. The molecular formula is C16H19NO5S. The predicted octanol–water partition coefficient (Wildman–Crippen LogP) is 2.83. The van der Waals surface area contributed by atoms with Gasteiger partial charge >= 0.3 is 0 Å². The van der Waals surface area contributed by atoms with Gasteiger partial charge in [-0.1, -0.05) is 6.07 Å². The number of benzene rings is 2. The quantitative estimate of drug-likeness (QED) is 0.876. The number of rotatable bonds is 5. The van der Waals surface area contributed by atoms with Gasteiger partial charge in [0.15, 0.2) is 0 Å². The first-order valence-corrected chi connectivity index (χ1v) is 8.32. The third-order valence-corrected chi connectivity index (χ3v) is 4.92. The SMILES string of the molecule is COc1ccc(OC)c(S(=O)(=O)Nc2ccc(C)c(O)c2C)c1. The fourth-order valence-electron chi connectivity index (χ4n) is 2.14. The van der Waals surface area contributed by atoms with Crippen molar-refractivity contribution in [1.29, 1.82) is 0 Å². The van der Waals surface area contributed by atoms with Crippen LogP contribution in [0.15, 0.2) is 35.2 Å². The smallest absolute Gasteiger partial charge is 0.265 e. The lowest BCUT2D eigenvalue weighted by atomic mass is 10.1. The zero-order chi connectivity index (χ0) is 17.2. The van der Waals surface area contributed by atoms with E-state index in [1.165, 1.54) is 26.4 Å². The third-order valence-electron chi connectivity index (χ3n) is 3.54. The second-order valence-corrected chi connectivity index (χ2v) is 6.68. The summed E-state index contributed by atoms with van der Waals surface area (Å²) in [6.45, 7) is 3.38. The Morgan fingerprint density at radius 2 is 1.74 bits per heavy atom. The molecule has 124 valence electrons. The molecule has 0 saturated heterocycles. The summed E-state index contributed by atoms with van der Waals surface area (Å²) in [5.74, 6) is 0.657.